The predicted octanol–water partition coefficient (Wildman–Crippen LogP) is -1.12. The van der Waals surface area contributed by atoms with Crippen LogP contribution < -0.4 is 16.8 Å². The van der Waals surface area contributed by atoms with Gasteiger partial charge in [0.1, 0.15) is 18.1 Å². The Morgan fingerprint density at radius 3 is 2.28 bits per heavy atom. The van der Waals surface area contributed by atoms with Crippen LogP contribution in [0.25, 0.3) is 0 Å². The van der Waals surface area contributed by atoms with Gasteiger partial charge in [-0.05, 0) is 50.5 Å². The highest BCUT2D eigenvalue weighted by atomic mass is 32.2. The van der Waals surface area contributed by atoms with E-state index in [1.807, 2.05) is 6.26 Å². The molecule has 0 aromatic rings. The molecule has 4 amide bonds. The van der Waals surface area contributed by atoms with Crippen molar-refractivity contribution in [3.05, 3.63) is 0 Å². The molecule has 0 radical (unpaired) electrons. The highest BCUT2D eigenvalue weighted by Gasteiger charge is 2.43. The number of amides is 4. The zero-order valence-corrected chi connectivity index (χ0v) is 19.1. The van der Waals surface area contributed by atoms with Crippen LogP contribution in [0.4, 0.5) is 0 Å². The zero-order chi connectivity index (χ0) is 23.8. The number of carboxylic acid groups (broad SMARTS) is 1. The van der Waals surface area contributed by atoms with Crippen molar-refractivity contribution < 1.29 is 29.1 Å². The molecule has 180 valence electrons. The van der Waals surface area contributed by atoms with Crippen LogP contribution in [0.3, 0.4) is 0 Å². The van der Waals surface area contributed by atoms with Crippen LogP contribution in [-0.2, 0) is 24.0 Å². The van der Waals surface area contributed by atoms with Crippen LogP contribution in [0, 0.1) is 0 Å². The molecule has 0 aliphatic carbocycles. The van der Waals surface area contributed by atoms with Crippen LogP contribution in [0.5, 0.6) is 0 Å². The molecule has 2 aliphatic heterocycles. The van der Waals surface area contributed by atoms with Crippen LogP contribution in [0.15, 0.2) is 0 Å². The maximum atomic E-state index is 13.3. The maximum Gasteiger partial charge on any atom is 0.326 e. The molecule has 0 bridgehead atoms. The van der Waals surface area contributed by atoms with Crippen molar-refractivity contribution in [2.45, 2.75) is 69.1 Å². The summed E-state index contributed by atoms with van der Waals surface area (Å²) in [7, 11) is 0. The molecule has 0 spiro atoms. The minimum atomic E-state index is -1.28. The summed E-state index contributed by atoms with van der Waals surface area (Å²) in [5, 5.41) is 11.8. The number of hydrogen-bond acceptors (Lipinski definition) is 7. The molecular weight excluding hydrogens is 438 g/mol. The lowest BCUT2D eigenvalue weighted by atomic mass is 10.1. The van der Waals surface area contributed by atoms with Gasteiger partial charge in [0.15, 0.2) is 0 Å². The standard InChI is InChI=1S/C20H33N5O6S/c1-32-11-8-12(21)18(28)25-10-3-5-15(25)19(29)24-9-2-4-14(24)17(27)23-13(20(30)31)6-7-16(22)26/h12-15H,2-11,21H2,1H3,(H2,22,26)(H,23,27)(H,30,31). The summed E-state index contributed by atoms with van der Waals surface area (Å²) >= 11 is 1.59. The molecule has 2 fully saturated rings. The number of nitrogens with zero attached hydrogens (tertiary/aromatic N) is 2. The number of thioether (sulfide) groups is 1. The number of carbonyl (C=O) groups is 5. The summed E-state index contributed by atoms with van der Waals surface area (Å²) in [5.41, 5.74) is 11.1. The first-order valence-electron chi connectivity index (χ1n) is 10.8. The number of carbonyl (C=O) groups excluding carboxylic acids is 4. The molecule has 2 rings (SSSR count). The van der Waals surface area contributed by atoms with Gasteiger partial charge in [-0.1, -0.05) is 0 Å². The van der Waals surface area contributed by atoms with E-state index < -0.39 is 42.0 Å². The molecule has 4 unspecified atom stereocenters. The van der Waals surface area contributed by atoms with Gasteiger partial charge in [0, 0.05) is 19.5 Å². The zero-order valence-electron chi connectivity index (χ0n) is 18.3. The van der Waals surface area contributed by atoms with Crippen molar-refractivity contribution in [1.29, 1.82) is 0 Å². The number of likely N-dealkylation sites (tertiary alicyclic amines) is 2. The van der Waals surface area contributed by atoms with Gasteiger partial charge in [0.25, 0.3) is 0 Å². The third-order valence-corrected chi connectivity index (χ3v) is 6.55. The van der Waals surface area contributed by atoms with E-state index in [1.54, 1.807) is 11.8 Å². The monoisotopic (exact) mass is 471 g/mol. The van der Waals surface area contributed by atoms with Crippen molar-refractivity contribution >= 4 is 41.4 Å². The molecule has 2 heterocycles. The molecule has 32 heavy (non-hydrogen) atoms. The first kappa shape index (κ1) is 25.9. The molecule has 2 saturated heterocycles. The van der Waals surface area contributed by atoms with E-state index in [-0.39, 0.29) is 24.7 Å². The van der Waals surface area contributed by atoms with Crippen molar-refractivity contribution in [3.8, 4) is 0 Å². The van der Waals surface area contributed by atoms with Gasteiger partial charge in [0.2, 0.25) is 23.6 Å². The van der Waals surface area contributed by atoms with Crippen LogP contribution in [-0.4, -0.2) is 93.8 Å². The quantitative estimate of drug-likeness (QED) is 0.293. The second-order valence-electron chi connectivity index (χ2n) is 8.17. The summed E-state index contributed by atoms with van der Waals surface area (Å²) in [6.45, 7) is 0.800. The van der Waals surface area contributed by atoms with Crippen molar-refractivity contribution in [1.82, 2.24) is 15.1 Å². The lowest BCUT2D eigenvalue weighted by molar-refractivity contribution is -0.148. The lowest BCUT2D eigenvalue weighted by Crippen LogP contribution is -2.56. The molecule has 6 N–H and O–H groups in total. The largest absolute Gasteiger partial charge is 0.480 e. The fourth-order valence-corrected chi connectivity index (χ4v) is 4.66. The fourth-order valence-electron chi connectivity index (χ4n) is 4.17. The van der Waals surface area contributed by atoms with Gasteiger partial charge >= 0.3 is 5.97 Å². The molecule has 0 aromatic heterocycles. The van der Waals surface area contributed by atoms with Crippen LogP contribution in [0.1, 0.15) is 44.9 Å². The average Bonchev–Trinajstić information content (AvgIpc) is 3.43. The van der Waals surface area contributed by atoms with Crippen molar-refractivity contribution in [3.63, 3.8) is 0 Å². The molecule has 12 heteroatoms. The normalized spacial score (nSPS) is 22.4. The maximum absolute atomic E-state index is 13.3. The summed E-state index contributed by atoms with van der Waals surface area (Å²) in [6.07, 6.45) is 4.31. The lowest BCUT2D eigenvalue weighted by Gasteiger charge is -2.32. The van der Waals surface area contributed by atoms with Crippen molar-refractivity contribution in [2.75, 3.05) is 25.1 Å². The topological polar surface area (TPSA) is 176 Å². The van der Waals surface area contributed by atoms with E-state index in [0.717, 1.165) is 5.75 Å². The molecule has 4 atom stereocenters. The minimum Gasteiger partial charge on any atom is -0.480 e. The Hall–Kier alpha value is -2.34. The van der Waals surface area contributed by atoms with Crippen LogP contribution >= 0.6 is 11.8 Å². The van der Waals surface area contributed by atoms with Crippen molar-refractivity contribution in [2.24, 2.45) is 11.5 Å². The second kappa shape index (κ2) is 12.0. The molecule has 0 aromatic carbocycles. The molecule has 2 aliphatic rings. The van der Waals surface area contributed by atoms with Gasteiger partial charge < -0.3 is 31.7 Å². The molecule has 11 nitrogen and oxygen atoms in total. The number of nitrogens with two attached hydrogens (primary N) is 2. The number of hydrogen-bond donors (Lipinski definition) is 4. The molecular formula is C20H33N5O6S. The van der Waals surface area contributed by atoms with E-state index in [4.69, 9.17) is 11.5 Å². The number of rotatable bonds is 11. The number of primary amides is 1. The van der Waals surface area contributed by atoms with Gasteiger partial charge in [-0.15, -0.1) is 0 Å². The fraction of sp³-hybridized carbons (Fsp3) is 0.750. The average molecular weight is 472 g/mol. The SMILES string of the molecule is CSCCC(N)C(=O)N1CCCC1C(=O)N1CCCC1C(=O)NC(CCC(N)=O)C(=O)O. The van der Waals surface area contributed by atoms with E-state index in [1.165, 1.54) is 9.80 Å². The third-order valence-electron chi connectivity index (χ3n) is 5.90. The van der Waals surface area contributed by atoms with E-state index in [9.17, 15) is 29.1 Å². The Kier molecular flexibility index (Phi) is 9.76. The first-order valence-corrected chi connectivity index (χ1v) is 12.2. The van der Waals surface area contributed by atoms with Gasteiger partial charge in [-0.3, -0.25) is 19.2 Å². The summed E-state index contributed by atoms with van der Waals surface area (Å²) < 4.78 is 0. The molecule has 0 saturated carbocycles. The number of nitrogens with one attached hydrogen (secondary N) is 1. The Morgan fingerprint density at radius 1 is 1.06 bits per heavy atom. The highest BCUT2D eigenvalue weighted by molar-refractivity contribution is 7.98. The van der Waals surface area contributed by atoms with E-state index >= 15 is 0 Å². The third kappa shape index (κ3) is 6.58. The minimum absolute atomic E-state index is 0.129. The first-order chi connectivity index (χ1) is 15.2. The Morgan fingerprint density at radius 2 is 1.69 bits per heavy atom. The second-order valence-corrected chi connectivity index (χ2v) is 9.16. The Balaban J connectivity index is 2.05. The van der Waals surface area contributed by atoms with Gasteiger partial charge in [-0.25, -0.2) is 4.79 Å². The Bertz CT molecular complexity index is 735. The van der Waals surface area contributed by atoms with Gasteiger partial charge in [-0.2, -0.15) is 11.8 Å². The van der Waals surface area contributed by atoms with Crippen LogP contribution in [0.2, 0.25) is 0 Å². The predicted molar refractivity (Wildman–Crippen MR) is 118 cm³/mol. The van der Waals surface area contributed by atoms with Gasteiger partial charge in [0.05, 0.1) is 6.04 Å². The summed E-state index contributed by atoms with van der Waals surface area (Å²) in [4.78, 5) is 64.2. The smallest absolute Gasteiger partial charge is 0.326 e. The highest BCUT2D eigenvalue weighted by Crippen LogP contribution is 2.26. The number of carboxylic acids is 1. The number of aliphatic carboxylic acids is 1. The summed E-state index contributed by atoms with van der Waals surface area (Å²) in [5.74, 6) is -2.34. The van der Waals surface area contributed by atoms with E-state index in [0.29, 0.717) is 45.2 Å². The Labute approximate surface area is 191 Å². The van der Waals surface area contributed by atoms with E-state index in [2.05, 4.69) is 5.32 Å². The summed E-state index contributed by atoms with van der Waals surface area (Å²) in [6, 6.07) is -3.43.